The molecule has 1 fully saturated rings. The first-order valence-corrected chi connectivity index (χ1v) is 8.31. The summed E-state index contributed by atoms with van der Waals surface area (Å²) in [6.45, 7) is 4.51. The van der Waals surface area contributed by atoms with E-state index in [2.05, 4.69) is 26.2 Å². The number of hydrogen-bond donors (Lipinski definition) is 1. The third-order valence-corrected chi connectivity index (χ3v) is 4.66. The Balaban J connectivity index is 1.53. The number of aromatic amines is 1. The van der Waals surface area contributed by atoms with Gasteiger partial charge in [-0.2, -0.15) is 5.10 Å². The number of nitrogens with one attached hydrogen (secondary N) is 1. The molecule has 1 unspecified atom stereocenters. The highest BCUT2D eigenvalue weighted by Gasteiger charge is 2.30. The van der Waals surface area contributed by atoms with E-state index in [1.807, 2.05) is 25.1 Å². The van der Waals surface area contributed by atoms with Crippen molar-refractivity contribution in [3.8, 4) is 5.75 Å². The van der Waals surface area contributed by atoms with Crippen molar-refractivity contribution in [2.75, 3.05) is 19.7 Å². The molecule has 2 aliphatic rings. The minimum Gasteiger partial charge on any atom is -0.489 e. The Hall–Kier alpha value is -1.85. The minimum atomic E-state index is 0.293. The minimum absolute atomic E-state index is 0.293. The fraction of sp³-hybridized carbons (Fsp3) is 0.412. The van der Waals surface area contributed by atoms with Crippen molar-refractivity contribution in [3.05, 3.63) is 46.0 Å². The van der Waals surface area contributed by atoms with E-state index in [1.54, 1.807) is 0 Å². The smallest absolute Gasteiger partial charge is 0.167 e. The van der Waals surface area contributed by atoms with Gasteiger partial charge < -0.3 is 4.74 Å². The number of ether oxygens (including phenoxy) is 1. The molecule has 0 spiro atoms. The molecule has 0 aliphatic carbocycles. The quantitative estimate of drug-likeness (QED) is 0.937. The van der Waals surface area contributed by atoms with Crippen LogP contribution in [-0.2, 0) is 0 Å². The predicted octanol–water partition coefficient (Wildman–Crippen LogP) is 3.38. The number of benzene rings is 1. The van der Waals surface area contributed by atoms with Gasteiger partial charge in [0.05, 0.1) is 6.04 Å². The first-order chi connectivity index (χ1) is 11.2. The van der Waals surface area contributed by atoms with E-state index in [0.717, 1.165) is 47.5 Å². The van der Waals surface area contributed by atoms with Crippen molar-refractivity contribution < 1.29 is 4.74 Å². The molecule has 4 rings (SSSR count). The molecular formula is C17H19ClN4O. The Morgan fingerprint density at radius 3 is 3.17 bits per heavy atom. The number of halogens is 1. The topological polar surface area (TPSA) is 54.0 Å². The van der Waals surface area contributed by atoms with Crippen LogP contribution in [0, 0.1) is 6.92 Å². The van der Waals surface area contributed by atoms with Crippen LogP contribution < -0.4 is 4.74 Å². The summed E-state index contributed by atoms with van der Waals surface area (Å²) < 4.78 is 5.86. The standard InChI is InChI=1S/C17H19ClN4O/c1-11-19-17(21-20-11)15-3-2-6-22(15)9-12-7-13-8-14(18)4-5-16(13)23-10-12/h4-5,7-8,15H,2-3,6,9-10H2,1H3,(H,19,20,21). The molecule has 6 heteroatoms. The third-order valence-electron chi connectivity index (χ3n) is 4.43. The molecule has 1 aromatic heterocycles. The molecule has 3 heterocycles. The van der Waals surface area contributed by atoms with Crippen LogP contribution in [0.5, 0.6) is 5.75 Å². The van der Waals surface area contributed by atoms with Crippen molar-refractivity contribution in [3.63, 3.8) is 0 Å². The molecule has 1 N–H and O–H groups in total. The maximum atomic E-state index is 6.08. The van der Waals surface area contributed by atoms with Gasteiger partial charge in [0.2, 0.25) is 0 Å². The van der Waals surface area contributed by atoms with E-state index in [4.69, 9.17) is 16.3 Å². The maximum Gasteiger partial charge on any atom is 0.167 e. The van der Waals surface area contributed by atoms with Gasteiger partial charge >= 0.3 is 0 Å². The monoisotopic (exact) mass is 330 g/mol. The third kappa shape index (κ3) is 2.99. The number of H-pyrrole nitrogens is 1. The normalized spacial score (nSPS) is 21.0. The molecule has 2 aliphatic heterocycles. The largest absolute Gasteiger partial charge is 0.489 e. The number of aromatic nitrogens is 3. The Morgan fingerprint density at radius 2 is 2.35 bits per heavy atom. The second-order valence-corrected chi connectivity index (χ2v) is 6.62. The van der Waals surface area contributed by atoms with Crippen molar-refractivity contribution in [2.24, 2.45) is 0 Å². The highest BCUT2D eigenvalue weighted by molar-refractivity contribution is 6.30. The van der Waals surface area contributed by atoms with Crippen molar-refractivity contribution >= 4 is 17.7 Å². The van der Waals surface area contributed by atoms with Gasteiger partial charge in [-0.3, -0.25) is 10.00 Å². The van der Waals surface area contributed by atoms with Gasteiger partial charge in [0.25, 0.3) is 0 Å². The number of aryl methyl sites for hydroxylation is 1. The predicted molar refractivity (Wildman–Crippen MR) is 89.6 cm³/mol. The number of rotatable bonds is 3. The van der Waals surface area contributed by atoms with Crippen LogP contribution in [0.15, 0.2) is 23.8 Å². The van der Waals surface area contributed by atoms with Crippen molar-refractivity contribution in [1.29, 1.82) is 0 Å². The first-order valence-electron chi connectivity index (χ1n) is 7.94. The molecule has 0 saturated carbocycles. The van der Waals surface area contributed by atoms with Crippen LogP contribution in [0.2, 0.25) is 5.02 Å². The molecule has 1 saturated heterocycles. The van der Waals surface area contributed by atoms with Gasteiger partial charge in [0.1, 0.15) is 18.2 Å². The van der Waals surface area contributed by atoms with Crippen LogP contribution in [0.25, 0.3) is 6.08 Å². The average molecular weight is 331 g/mol. The molecule has 1 aromatic carbocycles. The molecular weight excluding hydrogens is 312 g/mol. The van der Waals surface area contributed by atoms with Gasteiger partial charge in [0, 0.05) is 17.1 Å². The van der Waals surface area contributed by atoms with Crippen molar-refractivity contribution in [1.82, 2.24) is 20.1 Å². The second kappa shape index (κ2) is 5.98. The molecule has 1 atom stereocenters. The molecule has 2 aromatic rings. The molecule has 120 valence electrons. The molecule has 0 amide bonds. The van der Waals surface area contributed by atoms with Crippen LogP contribution in [0.1, 0.15) is 36.1 Å². The van der Waals surface area contributed by atoms with Crippen LogP contribution in [0.3, 0.4) is 0 Å². The van der Waals surface area contributed by atoms with E-state index in [0.29, 0.717) is 12.6 Å². The van der Waals surface area contributed by atoms with E-state index in [1.165, 1.54) is 12.0 Å². The second-order valence-electron chi connectivity index (χ2n) is 6.18. The van der Waals surface area contributed by atoms with Gasteiger partial charge in [-0.15, -0.1) is 0 Å². The fourth-order valence-electron chi connectivity index (χ4n) is 3.36. The number of fused-ring (bicyclic) bond motifs is 1. The van der Waals surface area contributed by atoms with Gasteiger partial charge in [-0.25, -0.2) is 4.98 Å². The van der Waals surface area contributed by atoms with Gasteiger partial charge in [-0.1, -0.05) is 11.6 Å². The average Bonchev–Trinajstić information content (AvgIpc) is 3.15. The van der Waals surface area contributed by atoms with E-state index in [9.17, 15) is 0 Å². The summed E-state index contributed by atoms with van der Waals surface area (Å²) in [5.41, 5.74) is 2.32. The zero-order chi connectivity index (χ0) is 15.8. The molecule has 5 nitrogen and oxygen atoms in total. The van der Waals surface area contributed by atoms with E-state index < -0.39 is 0 Å². The Labute approximate surface area is 140 Å². The zero-order valence-electron chi connectivity index (χ0n) is 13.1. The fourth-order valence-corrected chi connectivity index (χ4v) is 3.55. The van der Waals surface area contributed by atoms with Gasteiger partial charge in [0.15, 0.2) is 5.82 Å². The lowest BCUT2D eigenvalue weighted by Crippen LogP contribution is -2.28. The lowest BCUT2D eigenvalue weighted by Gasteiger charge is -2.26. The van der Waals surface area contributed by atoms with Crippen LogP contribution >= 0.6 is 11.6 Å². The number of likely N-dealkylation sites (tertiary alicyclic amines) is 1. The zero-order valence-corrected chi connectivity index (χ0v) is 13.8. The highest BCUT2D eigenvalue weighted by atomic mass is 35.5. The maximum absolute atomic E-state index is 6.08. The Morgan fingerprint density at radius 1 is 1.43 bits per heavy atom. The molecule has 23 heavy (non-hydrogen) atoms. The highest BCUT2D eigenvalue weighted by Crippen LogP contribution is 2.33. The summed E-state index contributed by atoms with van der Waals surface area (Å²) in [4.78, 5) is 6.94. The van der Waals surface area contributed by atoms with Crippen molar-refractivity contribution in [2.45, 2.75) is 25.8 Å². The first kappa shape index (κ1) is 14.7. The summed E-state index contributed by atoms with van der Waals surface area (Å²) in [5, 5.41) is 8.03. The SMILES string of the molecule is Cc1nc(C2CCCN2CC2=Cc3cc(Cl)ccc3OC2)n[nH]1. The molecule has 0 radical (unpaired) electrons. The summed E-state index contributed by atoms with van der Waals surface area (Å²) in [6.07, 6.45) is 4.48. The van der Waals surface area contributed by atoms with E-state index in [-0.39, 0.29) is 0 Å². The summed E-state index contributed by atoms with van der Waals surface area (Å²) >= 11 is 6.08. The summed E-state index contributed by atoms with van der Waals surface area (Å²) in [6, 6.07) is 6.04. The number of hydrogen-bond acceptors (Lipinski definition) is 4. The lowest BCUT2D eigenvalue weighted by molar-refractivity contribution is 0.253. The van der Waals surface area contributed by atoms with Crippen LogP contribution in [0.4, 0.5) is 0 Å². The Kier molecular flexibility index (Phi) is 3.83. The number of nitrogens with zero attached hydrogens (tertiary/aromatic N) is 3. The van der Waals surface area contributed by atoms with Crippen LogP contribution in [-0.4, -0.2) is 39.8 Å². The Bertz CT molecular complexity index is 755. The lowest BCUT2D eigenvalue weighted by atomic mass is 10.1. The van der Waals surface area contributed by atoms with E-state index >= 15 is 0 Å². The summed E-state index contributed by atoms with van der Waals surface area (Å²) in [7, 11) is 0. The molecule has 0 bridgehead atoms. The van der Waals surface area contributed by atoms with Gasteiger partial charge in [-0.05, 0) is 56.2 Å². The summed E-state index contributed by atoms with van der Waals surface area (Å²) in [5.74, 6) is 2.68.